The SMILES string of the molecule is O=C(O)CC(=O)CN1C[C@@H](CF)CC1=O. The van der Waals surface area contributed by atoms with Crippen LogP contribution in [0.1, 0.15) is 12.8 Å². The van der Waals surface area contributed by atoms with Crippen LogP contribution in [0.15, 0.2) is 0 Å². The zero-order chi connectivity index (χ0) is 11.4. The maximum Gasteiger partial charge on any atom is 0.310 e. The summed E-state index contributed by atoms with van der Waals surface area (Å²) in [5, 5.41) is 8.34. The molecule has 0 spiro atoms. The summed E-state index contributed by atoms with van der Waals surface area (Å²) in [6.45, 7) is -0.600. The number of rotatable bonds is 5. The van der Waals surface area contributed by atoms with Gasteiger partial charge in [-0.05, 0) is 0 Å². The molecule has 0 saturated carbocycles. The lowest BCUT2D eigenvalue weighted by molar-refractivity contribution is -0.142. The second-order valence-electron chi connectivity index (χ2n) is 3.61. The van der Waals surface area contributed by atoms with Gasteiger partial charge in [0.15, 0.2) is 5.78 Å². The van der Waals surface area contributed by atoms with Crippen LogP contribution >= 0.6 is 0 Å². The van der Waals surface area contributed by atoms with Gasteiger partial charge in [0.1, 0.15) is 6.42 Å². The lowest BCUT2D eigenvalue weighted by Crippen LogP contribution is -2.32. The molecule has 1 saturated heterocycles. The minimum atomic E-state index is -1.21. The molecule has 5 nitrogen and oxygen atoms in total. The Morgan fingerprint density at radius 3 is 2.67 bits per heavy atom. The molecule has 1 N–H and O–H groups in total. The summed E-state index contributed by atoms with van der Waals surface area (Å²) in [5.41, 5.74) is 0. The molecular formula is C9H12FNO4. The third kappa shape index (κ3) is 3.30. The van der Waals surface area contributed by atoms with E-state index in [0.717, 1.165) is 0 Å². The van der Waals surface area contributed by atoms with E-state index < -0.39 is 24.8 Å². The number of nitrogens with zero attached hydrogens (tertiary/aromatic N) is 1. The topological polar surface area (TPSA) is 74.7 Å². The van der Waals surface area contributed by atoms with Gasteiger partial charge in [-0.25, -0.2) is 0 Å². The summed E-state index contributed by atoms with van der Waals surface area (Å²) < 4.78 is 12.2. The van der Waals surface area contributed by atoms with Gasteiger partial charge in [0.05, 0.1) is 13.2 Å². The fourth-order valence-corrected chi connectivity index (χ4v) is 1.55. The Morgan fingerprint density at radius 2 is 2.20 bits per heavy atom. The molecular weight excluding hydrogens is 205 g/mol. The van der Waals surface area contributed by atoms with E-state index in [-0.39, 0.29) is 31.3 Å². The van der Waals surface area contributed by atoms with Crippen molar-refractivity contribution in [3.05, 3.63) is 0 Å². The second kappa shape index (κ2) is 4.86. The number of amides is 1. The summed E-state index contributed by atoms with van der Waals surface area (Å²) >= 11 is 0. The van der Waals surface area contributed by atoms with Gasteiger partial charge in [0.25, 0.3) is 0 Å². The Kier molecular flexibility index (Phi) is 3.76. The molecule has 1 fully saturated rings. The molecule has 1 aliphatic rings. The van der Waals surface area contributed by atoms with Crippen molar-refractivity contribution in [1.82, 2.24) is 4.90 Å². The normalized spacial score (nSPS) is 20.7. The van der Waals surface area contributed by atoms with Gasteiger partial charge in [0.2, 0.25) is 5.91 Å². The van der Waals surface area contributed by atoms with Crippen LogP contribution in [-0.4, -0.2) is 47.4 Å². The van der Waals surface area contributed by atoms with E-state index in [1.54, 1.807) is 0 Å². The summed E-state index contributed by atoms with van der Waals surface area (Å²) in [6, 6.07) is 0. The van der Waals surface area contributed by atoms with Gasteiger partial charge < -0.3 is 10.0 Å². The molecule has 0 aliphatic carbocycles. The first-order chi connectivity index (χ1) is 7.02. The molecule has 0 aromatic rings. The van der Waals surface area contributed by atoms with Crippen LogP contribution in [0.2, 0.25) is 0 Å². The highest BCUT2D eigenvalue weighted by molar-refractivity contribution is 5.97. The first-order valence-corrected chi connectivity index (χ1v) is 4.60. The third-order valence-electron chi connectivity index (χ3n) is 2.23. The van der Waals surface area contributed by atoms with Crippen molar-refractivity contribution in [3.63, 3.8) is 0 Å². The van der Waals surface area contributed by atoms with Crippen LogP contribution in [0.5, 0.6) is 0 Å². The number of alkyl halides is 1. The Bertz CT molecular complexity index is 292. The van der Waals surface area contributed by atoms with Gasteiger partial charge in [-0.1, -0.05) is 0 Å². The van der Waals surface area contributed by atoms with E-state index in [2.05, 4.69) is 0 Å². The average molecular weight is 217 g/mol. The molecule has 15 heavy (non-hydrogen) atoms. The summed E-state index contributed by atoms with van der Waals surface area (Å²) in [4.78, 5) is 33.7. The van der Waals surface area contributed by atoms with Crippen molar-refractivity contribution in [2.24, 2.45) is 5.92 Å². The van der Waals surface area contributed by atoms with Gasteiger partial charge in [0, 0.05) is 18.9 Å². The number of halogens is 1. The van der Waals surface area contributed by atoms with E-state index in [1.165, 1.54) is 4.90 Å². The molecule has 1 amide bonds. The quantitative estimate of drug-likeness (QED) is 0.650. The van der Waals surface area contributed by atoms with Crippen LogP contribution in [0.25, 0.3) is 0 Å². The minimum Gasteiger partial charge on any atom is -0.481 e. The number of hydrogen-bond donors (Lipinski definition) is 1. The van der Waals surface area contributed by atoms with Crippen molar-refractivity contribution in [1.29, 1.82) is 0 Å². The first kappa shape index (κ1) is 11.6. The Balaban J connectivity index is 2.42. The Labute approximate surface area is 85.9 Å². The van der Waals surface area contributed by atoms with Crippen molar-refractivity contribution in [3.8, 4) is 0 Å². The monoisotopic (exact) mass is 217 g/mol. The van der Waals surface area contributed by atoms with Crippen molar-refractivity contribution in [2.45, 2.75) is 12.8 Å². The van der Waals surface area contributed by atoms with Crippen molar-refractivity contribution >= 4 is 17.7 Å². The lowest BCUT2D eigenvalue weighted by atomic mass is 10.1. The van der Waals surface area contributed by atoms with E-state index in [9.17, 15) is 18.8 Å². The Hall–Kier alpha value is -1.46. The molecule has 0 radical (unpaired) electrons. The van der Waals surface area contributed by atoms with Crippen LogP contribution in [0.3, 0.4) is 0 Å². The highest BCUT2D eigenvalue weighted by Gasteiger charge is 2.30. The van der Waals surface area contributed by atoms with Gasteiger partial charge in [-0.15, -0.1) is 0 Å². The van der Waals surface area contributed by atoms with Crippen LogP contribution in [0.4, 0.5) is 4.39 Å². The number of likely N-dealkylation sites (tertiary alicyclic amines) is 1. The zero-order valence-corrected chi connectivity index (χ0v) is 8.11. The number of aliphatic carboxylic acids is 1. The van der Waals surface area contributed by atoms with Crippen molar-refractivity contribution in [2.75, 3.05) is 19.8 Å². The summed E-state index contributed by atoms with van der Waals surface area (Å²) in [5.74, 6) is -2.38. The maximum atomic E-state index is 12.2. The molecule has 1 atom stereocenters. The van der Waals surface area contributed by atoms with Gasteiger partial charge >= 0.3 is 5.97 Å². The molecule has 1 rings (SSSR count). The fraction of sp³-hybridized carbons (Fsp3) is 0.667. The molecule has 84 valence electrons. The number of hydrogen-bond acceptors (Lipinski definition) is 3. The third-order valence-corrected chi connectivity index (χ3v) is 2.23. The molecule has 0 bridgehead atoms. The standard InChI is InChI=1S/C9H12FNO4/c10-3-6-1-8(13)11(4-6)5-7(12)2-9(14)15/h6H,1-5H2,(H,14,15)/t6-/m1/s1. The second-order valence-corrected chi connectivity index (χ2v) is 3.61. The highest BCUT2D eigenvalue weighted by Crippen LogP contribution is 2.17. The van der Waals surface area contributed by atoms with Crippen LogP contribution < -0.4 is 0 Å². The van der Waals surface area contributed by atoms with E-state index in [4.69, 9.17) is 5.11 Å². The molecule has 1 heterocycles. The molecule has 0 aromatic carbocycles. The number of carboxylic acid groups (broad SMARTS) is 1. The van der Waals surface area contributed by atoms with Gasteiger partial charge in [-0.2, -0.15) is 0 Å². The van der Waals surface area contributed by atoms with Gasteiger partial charge in [-0.3, -0.25) is 18.8 Å². The smallest absolute Gasteiger partial charge is 0.310 e. The Morgan fingerprint density at radius 1 is 1.53 bits per heavy atom. The summed E-state index contributed by atoms with van der Waals surface area (Å²) in [6.07, 6.45) is -0.485. The fourth-order valence-electron chi connectivity index (χ4n) is 1.55. The molecule has 0 unspecified atom stereocenters. The molecule has 1 aliphatic heterocycles. The summed E-state index contributed by atoms with van der Waals surface area (Å²) in [7, 11) is 0. The maximum absolute atomic E-state index is 12.2. The lowest BCUT2D eigenvalue weighted by Gasteiger charge is -2.14. The zero-order valence-electron chi connectivity index (χ0n) is 8.11. The highest BCUT2D eigenvalue weighted by atomic mass is 19.1. The first-order valence-electron chi connectivity index (χ1n) is 4.60. The van der Waals surface area contributed by atoms with Crippen molar-refractivity contribution < 1.29 is 23.9 Å². The van der Waals surface area contributed by atoms with Crippen LogP contribution in [0, 0.1) is 5.92 Å². The van der Waals surface area contributed by atoms with E-state index >= 15 is 0 Å². The number of ketones is 1. The minimum absolute atomic E-state index is 0.108. The van der Waals surface area contributed by atoms with E-state index in [1.807, 2.05) is 0 Å². The number of carbonyl (C=O) groups excluding carboxylic acids is 2. The number of Topliss-reactive ketones (excluding diaryl/α,β-unsaturated/α-hetero) is 1. The average Bonchev–Trinajstić information content (AvgIpc) is 2.46. The van der Waals surface area contributed by atoms with Crippen LogP contribution in [-0.2, 0) is 14.4 Å². The predicted octanol–water partition coefficient (Wildman–Crippen LogP) is -0.152. The van der Waals surface area contributed by atoms with E-state index in [0.29, 0.717) is 0 Å². The predicted molar refractivity (Wildman–Crippen MR) is 47.9 cm³/mol. The number of carbonyl (C=O) groups is 3. The molecule has 0 aromatic heterocycles. The largest absolute Gasteiger partial charge is 0.481 e. The molecule has 6 heteroatoms. The number of carboxylic acids is 1.